The summed E-state index contributed by atoms with van der Waals surface area (Å²) >= 11 is 7.19. The fraction of sp³-hybridized carbons (Fsp3) is 0. The molecule has 0 aliphatic heterocycles. The molecule has 2 aromatic rings. The van der Waals surface area contributed by atoms with Crippen molar-refractivity contribution in [1.82, 2.24) is 9.97 Å². The van der Waals surface area contributed by atoms with Gasteiger partial charge in [-0.05, 0) is 12.1 Å². The van der Waals surface area contributed by atoms with Gasteiger partial charge in [-0.25, -0.2) is 4.98 Å². The summed E-state index contributed by atoms with van der Waals surface area (Å²) in [7, 11) is 0. The van der Waals surface area contributed by atoms with Crippen LogP contribution in [0.3, 0.4) is 0 Å². The van der Waals surface area contributed by atoms with Gasteiger partial charge in [0, 0.05) is 0 Å². The van der Waals surface area contributed by atoms with E-state index in [9.17, 15) is 0 Å². The Bertz CT molecular complexity index is 466. The number of imidazole rings is 1. The predicted octanol–water partition coefficient (Wildman–Crippen LogP) is 2.66. The van der Waals surface area contributed by atoms with E-state index in [-0.39, 0.29) is 0 Å². The highest BCUT2D eigenvalue weighted by Crippen LogP contribution is 2.30. The average Bonchev–Trinajstić information content (AvgIpc) is 2.71. The molecule has 0 bridgehead atoms. The lowest BCUT2D eigenvalue weighted by atomic mass is 10.3. The van der Waals surface area contributed by atoms with E-state index in [1.165, 1.54) is 17.7 Å². The third-order valence-corrected chi connectivity index (χ3v) is 2.81. The Balaban J connectivity index is 2.53. The van der Waals surface area contributed by atoms with Gasteiger partial charge in [-0.3, -0.25) is 0 Å². The Labute approximate surface area is 83.6 Å². The second-order valence-corrected chi connectivity index (χ2v) is 4.06. The molecule has 0 aromatic carbocycles. The molecule has 0 saturated heterocycles. The average molecular weight is 210 g/mol. The van der Waals surface area contributed by atoms with Gasteiger partial charge in [-0.15, -0.1) is 11.3 Å². The number of H-pyrrole nitrogens is 1. The molecule has 2 aromatic heterocycles. The minimum atomic E-state index is 0.401. The van der Waals surface area contributed by atoms with Crippen molar-refractivity contribution in [2.24, 2.45) is 0 Å². The maximum Gasteiger partial charge on any atom is 0.167 e. The summed E-state index contributed by atoms with van der Waals surface area (Å²) in [5, 5.41) is 8.71. The molecule has 0 unspecified atom stereocenters. The van der Waals surface area contributed by atoms with Crippen LogP contribution in [0.5, 0.6) is 0 Å². The van der Waals surface area contributed by atoms with E-state index in [4.69, 9.17) is 16.9 Å². The Kier molecular flexibility index (Phi) is 2.05. The zero-order valence-corrected chi connectivity index (χ0v) is 7.99. The van der Waals surface area contributed by atoms with E-state index in [1.54, 1.807) is 6.07 Å². The van der Waals surface area contributed by atoms with Crippen molar-refractivity contribution < 1.29 is 0 Å². The lowest BCUT2D eigenvalue weighted by Gasteiger charge is -1.89. The van der Waals surface area contributed by atoms with Crippen LogP contribution in [0.2, 0.25) is 4.34 Å². The number of hydrogen-bond acceptors (Lipinski definition) is 3. The molecule has 1 N–H and O–H groups in total. The normalized spacial score (nSPS) is 9.85. The minimum Gasteiger partial charge on any atom is -0.343 e. The summed E-state index contributed by atoms with van der Waals surface area (Å²) in [4.78, 5) is 7.70. The third kappa shape index (κ3) is 1.44. The molecule has 0 radical (unpaired) electrons. The summed E-state index contributed by atoms with van der Waals surface area (Å²) in [6.45, 7) is 0. The van der Waals surface area contributed by atoms with Gasteiger partial charge in [0.1, 0.15) is 6.07 Å². The van der Waals surface area contributed by atoms with Crippen LogP contribution < -0.4 is 0 Å². The van der Waals surface area contributed by atoms with Gasteiger partial charge in [0.05, 0.1) is 21.2 Å². The maximum absolute atomic E-state index is 8.71. The van der Waals surface area contributed by atoms with E-state index in [0.717, 1.165) is 10.6 Å². The molecule has 5 heteroatoms. The Hall–Kier alpha value is -1.31. The van der Waals surface area contributed by atoms with Gasteiger partial charge >= 0.3 is 0 Å². The first-order valence-electron chi connectivity index (χ1n) is 3.50. The van der Waals surface area contributed by atoms with Crippen molar-refractivity contribution in [3.05, 3.63) is 28.5 Å². The van der Waals surface area contributed by atoms with Crippen LogP contribution in [0, 0.1) is 11.3 Å². The fourth-order valence-electron chi connectivity index (χ4n) is 1.02. The van der Waals surface area contributed by atoms with Gasteiger partial charge in [0.25, 0.3) is 0 Å². The topological polar surface area (TPSA) is 52.5 Å². The Morgan fingerprint density at radius 2 is 2.38 bits per heavy atom. The van der Waals surface area contributed by atoms with Crippen molar-refractivity contribution in [3.8, 4) is 16.6 Å². The van der Waals surface area contributed by atoms with E-state index in [0.29, 0.717) is 10.0 Å². The largest absolute Gasteiger partial charge is 0.343 e. The molecule has 3 nitrogen and oxygen atoms in total. The second kappa shape index (κ2) is 3.21. The molecule has 2 rings (SSSR count). The lowest BCUT2D eigenvalue weighted by molar-refractivity contribution is 1.29. The SMILES string of the molecule is N#Cc1nc[nH]c1-c1ccc(Cl)s1. The van der Waals surface area contributed by atoms with Crippen molar-refractivity contribution in [3.63, 3.8) is 0 Å². The highest BCUT2D eigenvalue weighted by molar-refractivity contribution is 7.19. The fourth-order valence-corrected chi connectivity index (χ4v) is 2.07. The Morgan fingerprint density at radius 3 is 3.00 bits per heavy atom. The number of hydrogen-bond donors (Lipinski definition) is 1. The first kappa shape index (κ1) is 8.30. The number of nitrogens with zero attached hydrogens (tertiary/aromatic N) is 2. The molecule has 0 fully saturated rings. The van der Waals surface area contributed by atoms with Crippen LogP contribution >= 0.6 is 22.9 Å². The number of halogens is 1. The number of rotatable bonds is 1. The number of thiophene rings is 1. The van der Waals surface area contributed by atoms with Crippen LogP contribution in [0.15, 0.2) is 18.5 Å². The monoisotopic (exact) mass is 209 g/mol. The van der Waals surface area contributed by atoms with Gasteiger partial charge < -0.3 is 4.98 Å². The molecule has 13 heavy (non-hydrogen) atoms. The van der Waals surface area contributed by atoms with Crippen molar-refractivity contribution >= 4 is 22.9 Å². The highest BCUT2D eigenvalue weighted by Gasteiger charge is 2.08. The van der Waals surface area contributed by atoms with Gasteiger partial charge in [0.15, 0.2) is 5.69 Å². The zero-order valence-electron chi connectivity index (χ0n) is 6.41. The van der Waals surface area contributed by atoms with E-state index in [2.05, 4.69) is 9.97 Å². The van der Waals surface area contributed by atoms with E-state index >= 15 is 0 Å². The molecule has 0 spiro atoms. The number of nitrogens with one attached hydrogen (secondary N) is 1. The first-order valence-corrected chi connectivity index (χ1v) is 4.70. The van der Waals surface area contributed by atoms with Crippen molar-refractivity contribution in [2.45, 2.75) is 0 Å². The molecule has 0 amide bonds. The van der Waals surface area contributed by atoms with Gasteiger partial charge in [-0.2, -0.15) is 5.26 Å². The molecule has 64 valence electrons. The summed E-state index contributed by atoms with van der Waals surface area (Å²) in [6, 6.07) is 5.66. The van der Waals surface area contributed by atoms with Crippen LogP contribution in [-0.2, 0) is 0 Å². The standard InChI is InChI=1S/C8H4ClN3S/c9-7-2-1-6(13-7)8-5(3-10)11-4-12-8/h1-2,4H,(H,11,12). The van der Waals surface area contributed by atoms with Gasteiger partial charge in [-0.1, -0.05) is 11.6 Å². The summed E-state index contributed by atoms with van der Waals surface area (Å²) in [6.07, 6.45) is 1.50. The van der Waals surface area contributed by atoms with Crippen LogP contribution in [0.25, 0.3) is 10.6 Å². The summed E-state index contributed by atoms with van der Waals surface area (Å²) in [5.41, 5.74) is 1.14. The maximum atomic E-state index is 8.71. The molecule has 2 heterocycles. The quantitative estimate of drug-likeness (QED) is 0.785. The van der Waals surface area contributed by atoms with Crippen LogP contribution in [0.1, 0.15) is 5.69 Å². The van der Waals surface area contributed by atoms with Gasteiger partial charge in [0.2, 0.25) is 0 Å². The summed E-state index contributed by atoms with van der Waals surface area (Å²) in [5.74, 6) is 0. The van der Waals surface area contributed by atoms with Crippen molar-refractivity contribution in [2.75, 3.05) is 0 Å². The number of nitriles is 1. The van der Waals surface area contributed by atoms with Crippen LogP contribution in [0.4, 0.5) is 0 Å². The lowest BCUT2D eigenvalue weighted by Crippen LogP contribution is -1.77. The minimum absolute atomic E-state index is 0.401. The zero-order chi connectivity index (χ0) is 9.26. The molecule has 0 saturated carbocycles. The highest BCUT2D eigenvalue weighted by atomic mass is 35.5. The Morgan fingerprint density at radius 1 is 1.54 bits per heavy atom. The molecule has 0 aliphatic rings. The molecule has 0 atom stereocenters. The summed E-state index contributed by atoms with van der Waals surface area (Å²) < 4.78 is 0.702. The van der Waals surface area contributed by atoms with E-state index in [1.807, 2.05) is 12.1 Å². The predicted molar refractivity (Wildman–Crippen MR) is 51.6 cm³/mol. The second-order valence-electron chi connectivity index (χ2n) is 2.34. The first-order chi connectivity index (χ1) is 6.31. The third-order valence-electron chi connectivity index (χ3n) is 1.56. The number of aromatic amines is 1. The molecular weight excluding hydrogens is 206 g/mol. The smallest absolute Gasteiger partial charge is 0.167 e. The molecule has 0 aliphatic carbocycles. The van der Waals surface area contributed by atoms with Crippen molar-refractivity contribution in [1.29, 1.82) is 5.26 Å². The van der Waals surface area contributed by atoms with Crippen LogP contribution in [-0.4, -0.2) is 9.97 Å². The van der Waals surface area contributed by atoms with E-state index < -0.39 is 0 Å². The number of aromatic nitrogens is 2. The molecular formula is C8H4ClN3S.